The van der Waals surface area contributed by atoms with Gasteiger partial charge >= 0.3 is 6.18 Å². The highest BCUT2D eigenvalue weighted by atomic mass is 19.4. The molecule has 3 nitrogen and oxygen atoms in total. The summed E-state index contributed by atoms with van der Waals surface area (Å²) in [5, 5.41) is 7.24. The number of hydrogen-bond donors (Lipinski definition) is 1. The van der Waals surface area contributed by atoms with Crippen molar-refractivity contribution in [1.82, 2.24) is 15.1 Å². The smallest absolute Gasteiger partial charge is 0.314 e. The summed E-state index contributed by atoms with van der Waals surface area (Å²) in [7, 11) is 0. The molecule has 1 heterocycles. The van der Waals surface area contributed by atoms with Gasteiger partial charge in [-0.3, -0.25) is 4.68 Å². The van der Waals surface area contributed by atoms with Crippen molar-refractivity contribution in [3.05, 3.63) is 18.0 Å². The van der Waals surface area contributed by atoms with Crippen LogP contribution in [0.1, 0.15) is 38.2 Å². The maximum Gasteiger partial charge on any atom is 0.419 e. The van der Waals surface area contributed by atoms with Crippen molar-refractivity contribution in [2.45, 2.75) is 51.4 Å². The first-order chi connectivity index (χ1) is 9.00. The van der Waals surface area contributed by atoms with Gasteiger partial charge in [0.15, 0.2) is 0 Å². The lowest BCUT2D eigenvalue weighted by atomic mass is 9.99. The fourth-order valence-corrected chi connectivity index (χ4v) is 2.84. The topological polar surface area (TPSA) is 29.9 Å². The van der Waals surface area contributed by atoms with Crippen LogP contribution in [0.4, 0.5) is 13.2 Å². The van der Waals surface area contributed by atoms with Crippen LogP contribution in [-0.4, -0.2) is 22.4 Å². The van der Waals surface area contributed by atoms with Crippen LogP contribution >= 0.6 is 0 Å². The fourth-order valence-electron chi connectivity index (χ4n) is 2.84. The van der Waals surface area contributed by atoms with Gasteiger partial charge in [0.2, 0.25) is 0 Å². The van der Waals surface area contributed by atoms with Gasteiger partial charge in [-0.15, -0.1) is 0 Å². The van der Waals surface area contributed by atoms with Crippen molar-refractivity contribution < 1.29 is 13.2 Å². The van der Waals surface area contributed by atoms with E-state index in [9.17, 15) is 13.2 Å². The number of alkyl halides is 3. The Labute approximate surface area is 111 Å². The van der Waals surface area contributed by atoms with Gasteiger partial charge in [-0.1, -0.05) is 13.3 Å². The molecule has 1 saturated carbocycles. The molecule has 1 N–H and O–H groups in total. The van der Waals surface area contributed by atoms with Crippen molar-refractivity contribution in [2.24, 2.45) is 5.92 Å². The molecule has 1 fully saturated rings. The van der Waals surface area contributed by atoms with Crippen LogP contribution < -0.4 is 5.32 Å². The van der Waals surface area contributed by atoms with Crippen LogP contribution in [0.3, 0.4) is 0 Å². The Balaban J connectivity index is 1.87. The molecule has 0 radical (unpaired) electrons. The number of halogens is 3. The van der Waals surface area contributed by atoms with E-state index in [0.717, 1.165) is 31.8 Å². The third kappa shape index (κ3) is 3.72. The summed E-state index contributed by atoms with van der Waals surface area (Å²) in [6.07, 6.45) is 2.12. The summed E-state index contributed by atoms with van der Waals surface area (Å²) in [4.78, 5) is 0. The average Bonchev–Trinajstić information content (AvgIpc) is 2.94. The zero-order chi connectivity index (χ0) is 13.9. The molecule has 2 rings (SSSR count). The zero-order valence-electron chi connectivity index (χ0n) is 11.1. The lowest BCUT2D eigenvalue weighted by molar-refractivity contribution is -0.137. The van der Waals surface area contributed by atoms with E-state index in [1.54, 1.807) is 0 Å². The first kappa shape index (κ1) is 14.4. The molecular formula is C13H20F3N3. The van der Waals surface area contributed by atoms with Crippen molar-refractivity contribution in [1.29, 1.82) is 0 Å². The normalized spacial score (nSPS) is 24.0. The van der Waals surface area contributed by atoms with E-state index < -0.39 is 11.7 Å². The first-order valence-electron chi connectivity index (χ1n) is 6.83. The Kier molecular flexibility index (Phi) is 4.50. The van der Waals surface area contributed by atoms with Gasteiger partial charge < -0.3 is 5.32 Å². The summed E-state index contributed by atoms with van der Waals surface area (Å²) in [6, 6.07) is 0.516. The number of hydrogen-bond acceptors (Lipinski definition) is 2. The minimum Gasteiger partial charge on any atom is -0.314 e. The molecule has 0 bridgehead atoms. The third-order valence-corrected chi connectivity index (χ3v) is 3.81. The molecule has 0 spiro atoms. The lowest BCUT2D eigenvalue weighted by Gasteiger charge is -2.20. The molecule has 6 heteroatoms. The van der Waals surface area contributed by atoms with Crippen LogP contribution in [0.25, 0.3) is 0 Å². The van der Waals surface area contributed by atoms with Gasteiger partial charge in [0.05, 0.1) is 11.8 Å². The summed E-state index contributed by atoms with van der Waals surface area (Å²) in [5.74, 6) is 0.554. The molecule has 2 unspecified atom stereocenters. The fraction of sp³-hybridized carbons (Fsp3) is 0.769. The minimum atomic E-state index is -4.29. The van der Waals surface area contributed by atoms with Crippen molar-refractivity contribution in [2.75, 3.05) is 6.54 Å². The van der Waals surface area contributed by atoms with E-state index >= 15 is 0 Å². The molecule has 1 aromatic rings. The highest BCUT2D eigenvalue weighted by Gasteiger charge is 2.32. The maximum absolute atomic E-state index is 12.4. The van der Waals surface area contributed by atoms with E-state index in [2.05, 4.69) is 17.3 Å². The minimum absolute atomic E-state index is 0.516. The Morgan fingerprint density at radius 2 is 2.21 bits per heavy atom. The Hall–Kier alpha value is -1.04. The van der Waals surface area contributed by atoms with Gasteiger partial charge in [-0.05, 0) is 31.7 Å². The molecule has 1 aliphatic rings. The predicted octanol–water partition coefficient (Wildman–Crippen LogP) is 3.07. The van der Waals surface area contributed by atoms with Crippen LogP contribution in [0.5, 0.6) is 0 Å². The van der Waals surface area contributed by atoms with E-state index in [-0.39, 0.29) is 0 Å². The van der Waals surface area contributed by atoms with E-state index in [0.29, 0.717) is 18.5 Å². The maximum atomic E-state index is 12.4. The highest BCUT2D eigenvalue weighted by Crippen LogP contribution is 2.30. The monoisotopic (exact) mass is 275 g/mol. The number of rotatable bonds is 5. The molecule has 1 aromatic heterocycles. The Bertz CT molecular complexity index is 400. The third-order valence-electron chi connectivity index (χ3n) is 3.81. The van der Waals surface area contributed by atoms with Gasteiger partial charge in [-0.25, -0.2) is 0 Å². The van der Waals surface area contributed by atoms with Crippen LogP contribution in [0.2, 0.25) is 0 Å². The average molecular weight is 275 g/mol. The molecule has 0 aliphatic heterocycles. The standard InChI is InChI=1S/C13H20F3N3/c1-2-17-12-5-3-4-10(12)6-7-19-9-11(8-18-19)13(14,15)16/h8-10,12,17H,2-7H2,1H3. The van der Waals surface area contributed by atoms with Crippen molar-refractivity contribution in [3.63, 3.8) is 0 Å². The summed E-state index contributed by atoms with van der Waals surface area (Å²) in [6.45, 7) is 3.59. The summed E-state index contributed by atoms with van der Waals surface area (Å²) < 4.78 is 38.7. The SMILES string of the molecule is CCNC1CCCC1CCn1cc(C(F)(F)F)cn1. The van der Waals surface area contributed by atoms with Crippen LogP contribution in [0.15, 0.2) is 12.4 Å². The van der Waals surface area contributed by atoms with E-state index in [1.807, 2.05) is 0 Å². The van der Waals surface area contributed by atoms with Gasteiger partial charge in [-0.2, -0.15) is 18.3 Å². The quantitative estimate of drug-likeness (QED) is 0.895. The highest BCUT2D eigenvalue weighted by molar-refractivity contribution is 5.08. The van der Waals surface area contributed by atoms with E-state index in [4.69, 9.17) is 0 Å². The number of nitrogens with zero attached hydrogens (tertiary/aromatic N) is 2. The molecule has 0 saturated heterocycles. The largest absolute Gasteiger partial charge is 0.419 e. The van der Waals surface area contributed by atoms with Crippen LogP contribution in [0, 0.1) is 5.92 Å². The molecule has 0 aromatic carbocycles. The lowest BCUT2D eigenvalue weighted by Crippen LogP contribution is -2.32. The number of aromatic nitrogens is 2. The zero-order valence-corrected chi connectivity index (χ0v) is 11.1. The van der Waals surface area contributed by atoms with Gasteiger partial charge in [0.1, 0.15) is 0 Å². The molecule has 2 atom stereocenters. The summed E-state index contributed by atoms with van der Waals surface area (Å²) >= 11 is 0. The molecule has 0 amide bonds. The molecular weight excluding hydrogens is 255 g/mol. The van der Waals surface area contributed by atoms with Crippen molar-refractivity contribution >= 4 is 0 Å². The first-order valence-corrected chi connectivity index (χ1v) is 6.83. The molecule has 108 valence electrons. The van der Waals surface area contributed by atoms with Crippen molar-refractivity contribution in [3.8, 4) is 0 Å². The second-order valence-corrected chi connectivity index (χ2v) is 5.13. The molecule has 19 heavy (non-hydrogen) atoms. The Morgan fingerprint density at radius 3 is 2.84 bits per heavy atom. The molecule has 1 aliphatic carbocycles. The summed E-state index contributed by atoms with van der Waals surface area (Å²) in [5.41, 5.74) is -0.665. The van der Waals surface area contributed by atoms with E-state index in [1.165, 1.54) is 17.5 Å². The van der Waals surface area contributed by atoms with Crippen LogP contribution in [-0.2, 0) is 12.7 Å². The number of aryl methyl sites for hydroxylation is 1. The second kappa shape index (κ2) is 5.94. The predicted molar refractivity (Wildman–Crippen MR) is 66.7 cm³/mol. The second-order valence-electron chi connectivity index (χ2n) is 5.13. The number of nitrogens with one attached hydrogen (secondary N) is 1. The van der Waals surface area contributed by atoms with Gasteiger partial charge in [0.25, 0.3) is 0 Å². The Morgan fingerprint density at radius 1 is 1.42 bits per heavy atom. The van der Waals surface area contributed by atoms with Gasteiger partial charge in [0, 0.05) is 18.8 Å².